The van der Waals surface area contributed by atoms with Crippen LogP contribution in [0, 0.1) is 11.8 Å². The molecule has 3 fully saturated rings. The highest BCUT2D eigenvalue weighted by atomic mass is 16.3. The van der Waals surface area contributed by atoms with Gasteiger partial charge in [-0.25, -0.2) is 0 Å². The highest BCUT2D eigenvalue weighted by molar-refractivity contribution is 5.99. The lowest BCUT2D eigenvalue weighted by atomic mass is 9.76. The van der Waals surface area contributed by atoms with Crippen LogP contribution in [-0.2, 0) is 0 Å². The van der Waals surface area contributed by atoms with Crippen molar-refractivity contribution in [2.45, 2.75) is 19.3 Å². The summed E-state index contributed by atoms with van der Waals surface area (Å²) in [6, 6.07) is 7.44. The van der Waals surface area contributed by atoms with E-state index in [-0.39, 0.29) is 5.78 Å². The zero-order chi connectivity index (χ0) is 14.4. The second-order valence-electron chi connectivity index (χ2n) is 6.40. The largest absolute Gasteiger partial charge is 0.451 e. The summed E-state index contributed by atoms with van der Waals surface area (Å²) in [5.74, 6) is 1.78. The van der Waals surface area contributed by atoms with Gasteiger partial charge < -0.3 is 15.1 Å². The fraction of sp³-hybridized carbons (Fsp3) is 0.471. The maximum atomic E-state index is 12.5. The normalized spacial score (nSPS) is 28.1. The lowest BCUT2D eigenvalue weighted by molar-refractivity contribution is 0.0433. The molecule has 4 heteroatoms. The number of carbonyl (C=O) groups is 1. The van der Waals surface area contributed by atoms with Crippen molar-refractivity contribution in [1.29, 1.82) is 0 Å². The monoisotopic (exact) mass is 284 g/mol. The summed E-state index contributed by atoms with van der Waals surface area (Å²) in [4.78, 5) is 15.0. The van der Waals surface area contributed by atoms with E-state index in [4.69, 9.17) is 10.2 Å². The minimum Gasteiger partial charge on any atom is -0.451 e. The van der Waals surface area contributed by atoms with Gasteiger partial charge in [-0.15, -0.1) is 0 Å². The molecule has 3 aliphatic heterocycles. The minimum absolute atomic E-state index is 0.115. The molecule has 1 atom stereocenters. The molecular weight excluding hydrogens is 264 g/mol. The second kappa shape index (κ2) is 4.88. The van der Waals surface area contributed by atoms with E-state index in [2.05, 4.69) is 4.90 Å². The van der Waals surface area contributed by atoms with Crippen LogP contribution in [0.4, 0.5) is 5.69 Å². The predicted octanol–water partition coefficient (Wildman–Crippen LogP) is 2.93. The van der Waals surface area contributed by atoms with Crippen LogP contribution in [0.5, 0.6) is 0 Å². The maximum Gasteiger partial charge on any atom is 0.198 e. The van der Waals surface area contributed by atoms with Crippen LogP contribution >= 0.6 is 0 Å². The Morgan fingerprint density at radius 2 is 2.14 bits per heavy atom. The number of fused-ring (bicyclic) bond motifs is 4. The topological polar surface area (TPSA) is 59.5 Å². The zero-order valence-electron chi connectivity index (χ0n) is 12.0. The molecule has 2 bridgehead atoms. The number of ketones is 1. The van der Waals surface area contributed by atoms with Gasteiger partial charge >= 0.3 is 0 Å². The highest BCUT2D eigenvalue weighted by Gasteiger charge is 2.35. The van der Waals surface area contributed by atoms with Crippen LogP contribution in [0.1, 0.15) is 29.8 Å². The van der Waals surface area contributed by atoms with Gasteiger partial charge in [0.2, 0.25) is 0 Å². The van der Waals surface area contributed by atoms with Crippen LogP contribution in [-0.4, -0.2) is 30.3 Å². The van der Waals surface area contributed by atoms with Gasteiger partial charge in [-0.1, -0.05) is 12.1 Å². The molecule has 1 aromatic carbocycles. The van der Waals surface area contributed by atoms with Crippen molar-refractivity contribution in [1.82, 2.24) is 4.90 Å². The number of benzene rings is 1. The number of carbonyl (C=O) groups excluding carboxylic acids is 1. The Balaban J connectivity index is 1.55. The summed E-state index contributed by atoms with van der Waals surface area (Å²) >= 11 is 0. The molecule has 110 valence electrons. The number of anilines is 1. The number of hydrogen-bond donors (Lipinski definition) is 1. The number of nitrogens with zero attached hydrogens (tertiary/aromatic N) is 1. The van der Waals surface area contributed by atoms with Gasteiger partial charge in [0.15, 0.2) is 17.1 Å². The Hall–Kier alpha value is -1.81. The van der Waals surface area contributed by atoms with Gasteiger partial charge in [0, 0.05) is 18.4 Å². The van der Waals surface area contributed by atoms with Crippen LogP contribution in [0.15, 0.2) is 28.7 Å². The molecule has 0 spiro atoms. The van der Waals surface area contributed by atoms with Crippen LogP contribution in [0.3, 0.4) is 0 Å². The van der Waals surface area contributed by atoms with Gasteiger partial charge in [-0.05, 0) is 49.9 Å². The molecule has 4 nitrogen and oxygen atoms in total. The summed E-state index contributed by atoms with van der Waals surface area (Å²) in [6.45, 7) is 3.48. The number of furan rings is 1. The van der Waals surface area contributed by atoms with Crippen molar-refractivity contribution in [3.05, 3.63) is 30.0 Å². The first-order valence-corrected chi connectivity index (χ1v) is 7.74. The second-order valence-corrected chi connectivity index (χ2v) is 6.40. The minimum atomic E-state index is 0.115. The molecule has 2 aromatic rings. The summed E-state index contributed by atoms with van der Waals surface area (Å²) in [5.41, 5.74) is 7.12. The molecule has 0 unspecified atom stereocenters. The van der Waals surface area contributed by atoms with Crippen molar-refractivity contribution in [3.8, 4) is 0 Å². The number of Topliss-reactive ketones (excluding diaryl/α,β-unsaturated/α-hetero) is 1. The maximum absolute atomic E-state index is 12.5. The summed E-state index contributed by atoms with van der Waals surface area (Å²) < 4.78 is 5.69. The van der Waals surface area contributed by atoms with Crippen LogP contribution in [0.25, 0.3) is 11.0 Å². The molecular formula is C17H20N2O2. The number of piperidine rings is 3. The van der Waals surface area contributed by atoms with Crippen LogP contribution in [0.2, 0.25) is 0 Å². The van der Waals surface area contributed by atoms with Crippen molar-refractivity contribution in [3.63, 3.8) is 0 Å². The molecule has 21 heavy (non-hydrogen) atoms. The number of nitrogen functional groups attached to an aromatic ring is 1. The quantitative estimate of drug-likeness (QED) is 0.695. The molecule has 0 saturated carbocycles. The van der Waals surface area contributed by atoms with Crippen molar-refractivity contribution < 1.29 is 9.21 Å². The first-order chi connectivity index (χ1) is 10.2. The third kappa shape index (κ3) is 2.23. The van der Waals surface area contributed by atoms with E-state index < -0.39 is 0 Å². The molecule has 5 rings (SSSR count). The van der Waals surface area contributed by atoms with Gasteiger partial charge in [-0.3, -0.25) is 4.79 Å². The Labute approximate surface area is 123 Å². The first kappa shape index (κ1) is 12.9. The molecule has 0 aliphatic carbocycles. The predicted molar refractivity (Wildman–Crippen MR) is 82.2 cm³/mol. The van der Waals surface area contributed by atoms with E-state index in [9.17, 15) is 4.79 Å². The standard InChI is InChI=1S/C17H20N2O2/c18-14-3-1-2-12-9-16(21-17(12)14)15(20)8-13-10-19-6-4-11(13)5-7-19/h1-3,9,11,13H,4-8,10,18H2/t13-/m0/s1. The fourth-order valence-corrected chi connectivity index (χ4v) is 3.88. The number of rotatable bonds is 3. The van der Waals surface area contributed by atoms with Crippen molar-refractivity contribution in [2.24, 2.45) is 11.8 Å². The third-order valence-electron chi connectivity index (χ3n) is 5.09. The lowest BCUT2D eigenvalue weighted by Gasteiger charge is -2.44. The van der Waals surface area contributed by atoms with Crippen molar-refractivity contribution in [2.75, 3.05) is 25.4 Å². The lowest BCUT2D eigenvalue weighted by Crippen LogP contribution is -2.47. The molecule has 2 N–H and O–H groups in total. The molecule has 1 aromatic heterocycles. The van der Waals surface area contributed by atoms with E-state index in [1.165, 1.54) is 25.9 Å². The van der Waals surface area contributed by atoms with E-state index in [0.717, 1.165) is 11.9 Å². The summed E-state index contributed by atoms with van der Waals surface area (Å²) in [6.07, 6.45) is 3.08. The van der Waals surface area contributed by atoms with Gasteiger partial charge in [0.1, 0.15) is 0 Å². The Morgan fingerprint density at radius 3 is 2.81 bits per heavy atom. The van der Waals surface area contributed by atoms with Crippen molar-refractivity contribution >= 4 is 22.4 Å². The molecule has 0 amide bonds. The number of hydrogen-bond acceptors (Lipinski definition) is 4. The molecule has 0 radical (unpaired) electrons. The van der Waals surface area contributed by atoms with Gasteiger partial charge in [0.05, 0.1) is 5.69 Å². The highest BCUT2D eigenvalue weighted by Crippen LogP contribution is 2.35. The van der Waals surface area contributed by atoms with E-state index >= 15 is 0 Å². The molecule has 3 aliphatic rings. The SMILES string of the molecule is Nc1cccc2cc(C(=O)C[C@H]3CN4CCC3CC4)oc12. The average molecular weight is 284 g/mol. The van der Waals surface area contributed by atoms with E-state index in [0.29, 0.717) is 35.3 Å². The van der Waals surface area contributed by atoms with E-state index in [1.807, 2.05) is 18.2 Å². The Morgan fingerprint density at radius 1 is 1.33 bits per heavy atom. The van der Waals surface area contributed by atoms with Crippen LogP contribution < -0.4 is 5.73 Å². The summed E-state index contributed by atoms with van der Waals surface area (Å²) in [5, 5.41) is 0.910. The molecule has 4 heterocycles. The number of para-hydroxylation sites is 1. The smallest absolute Gasteiger partial charge is 0.198 e. The summed E-state index contributed by atoms with van der Waals surface area (Å²) in [7, 11) is 0. The Kier molecular flexibility index (Phi) is 3.00. The molecule has 3 saturated heterocycles. The average Bonchev–Trinajstić information content (AvgIpc) is 2.94. The zero-order valence-corrected chi connectivity index (χ0v) is 12.0. The number of nitrogens with two attached hydrogens (primary N) is 1. The first-order valence-electron chi connectivity index (χ1n) is 7.74. The van der Waals surface area contributed by atoms with Gasteiger partial charge in [0.25, 0.3) is 0 Å². The van der Waals surface area contributed by atoms with E-state index in [1.54, 1.807) is 6.07 Å². The fourth-order valence-electron chi connectivity index (χ4n) is 3.88. The third-order valence-corrected chi connectivity index (χ3v) is 5.09. The van der Waals surface area contributed by atoms with Gasteiger partial charge in [-0.2, -0.15) is 0 Å². The Bertz CT molecular complexity index is 683.